The lowest BCUT2D eigenvalue weighted by atomic mass is 10.1. The number of halogens is 1. The molecule has 0 aliphatic rings. The van der Waals surface area contributed by atoms with Gasteiger partial charge < -0.3 is 10.1 Å². The van der Waals surface area contributed by atoms with Gasteiger partial charge in [-0.2, -0.15) is 0 Å². The summed E-state index contributed by atoms with van der Waals surface area (Å²) in [6.07, 6.45) is -0.455. The number of ether oxygens (including phenoxy) is 1. The van der Waals surface area contributed by atoms with E-state index in [4.69, 9.17) is 4.74 Å². The molecular formula is C19H23BrN2O2. The van der Waals surface area contributed by atoms with Gasteiger partial charge in [0, 0.05) is 22.4 Å². The van der Waals surface area contributed by atoms with Crippen LogP contribution in [0.2, 0.25) is 0 Å². The minimum Gasteiger partial charge on any atom is -0.444 e. The molecule has 0 saturated heterocycles. The van der Waals surface area contributed by atoms with Gasteiger partial charge in [0.2, 0.25) is 0 Å². The Morgan fingerprint density at radius 3 is 2.50 bits per heavy atom. The maximum atomic E-state index is 11.8. The molecule has 2 aromatic carbocycles. The minimum absolute atomic E-state index is 0.455. The number of rotatable bonds is 4. The van der Waals surface area contributed by atoms with Crippen LogP contribution in [0.1, 0.15) is 31.9 Å². The van der Waals surface area contributed by atoms with Gasteiger partial charge in [0.15, 0.2) is 0 Å². The van der Waals surface area contributed by atoms with Crippen LogP contribution < -0.4 is 10.6 Å². The molecule has 2 rings (SSSR count). The van der Waals surface area contributed by atoms with Gasteiger partial charge in [-0.05, 0) is 63.1 Å². The van der Waals surface area contributed by atoms with E-state index in [1.54, 1.807) is 0 Å². The molecular weight excluding hydrogens is 368 g/mol. The number of hydrogen-bond donors (Lipinski definition) is 2. The highest BCUT2D eigenvalue weighted by molar-refractivity contribution is 9.10. The summed E-state index contributed by atoms with van der Waals surface area (Å²) in [5.74, 6) is 0. The third-order valence-corrected chi connectivity index (χ3v) is 4.12. The van der Waals surface area contributed by atoms with E-state index < -0.39 is 11.7 Å². The highest BCUT2D eigenvalue weighted by Crippen LogP contribution is 2.20. The molecule has 24 heavy (non-hydrogen) atoms. The number of carbonyl (C=O) groups excluding carboxylic acids is 1. The summed E-state index contributed by atoms with van der Waals surface area (Å²) < 4.78 is 6.37. The number of amides is 1. The van der Waals surface area contributed by atoms with Gasteiger partial charge in [0.1, 0.15) is 5.60 Å². The zero-order valence-electron chi connectivity index (χ0n) is 14.4. The first-order valence-corrected chi connectivity index (χ1v) is 8.61. The lowest BCUT2D eigenvalue weighted by Crippen LogP contribution is -2.27. The maximum Gasteiger partial charge on any atom is 0.412 e. The van der Waals surface area contributed by atoms with Crippen LogP contribution in [0.3, 0.4) is 0 Å². The van der Waals surface area contributed by atoms with Crippen molar-refractivity contribution in [2.24, 2.45) is 0 Å². The highest BCUT2D eigenvalue weighted by atomic mass is 79.9. The van der Waals surface area contributed by atoms with Crippen LogP contribution in [0.4, 0.5) is 16.2 Å². The van der Waals surface area contributed by atoms with E-state index in [-0.39, 0.29) is 0 Å². The summed E-state index contributed by atoms with van der Waals surface area (Å²) in [7, 11) is 0. The van der Waals surface area contributed by atoms with E-state index in [0.29, 0.717) is 12.2 Å². The van der Waals surface area contributed by atoms with Crippen molar-refractivity contribution in [3.8, 4) is 0 Å². The number of benzene rings is 2. The van der Waals surface area contributed by atoms with Crippen LogP contribution in [-0.2, 0) is 11.3 Å². The molecule has 0 spiro atoms. The number of carbonyl (C=O) groups is 1. The second-order valence-corrected chi connectivity index (χ2v) is 7.50. The Kier molecular flexibility index (Phi) is 5.89. The summed E-state index contributed by atoms with van der Waals surface area (Å²) in [4.78, 5) is 11.8. The van der Waals surface area contributed by atoms with Crippen molar-refractivity contribution in [2.45, 2.75) is 39.8 Å². The second kappa shape index (κ2) is 7.71. The molecule has 4 nitrogen and oxygen atoms in total. The first kappa shape index (κ1) is 18.3. The zero-order chi connectivity index (χ0) is 17.7. The van der Waals surface area contributed by atoms with Crippen LogP contribution in [-0.4, -0.2) is 11.7 Å². The molecule has 0 fully saturated rings. The lowest BCUT2D eigenvalue weighted by molar-refractivity contribution is 0.0636. The molecule has 0 radical (unpaired) electrons. The Bertz CT molecular complexity index is 724. The summed E-state index contributed by atoms with van der Waals surface area (Å²) in [5.41, 5.74) is 3.51. The normalized spacial score (nSPS) is 11.0. The SMILES string of the molecule is Cc1cc(CNc2cccc(NC(=O)OC(C)(C)C)c2)ccc1Br. The minimum atomic E-state index is -0.514. The first-order valence-electron chi connectivity index (χ1n) is 7.82. The quantitative estimate of drug-likeness (QED) is 0.701. The molecule has 0 saturated carbocycles. The fourth-order valence-electron chi connectivity index (χ4n) is 2.15. The van der Waals surface area contributed by atoms with E-state index in [1.165, 1.54) is 11.1 Å². The monoisotopic (exact) mass is 390 g/mol. The van der Waals surface area contributed by atoms with Crippen molar-refractivity contribution in [1.29, 1.82) is 0 Å². The van der Waals surface area contributed by atoms with Crippen molar-refractivity contribution in [1.82, 2.24) is 0 Å². The maximum absolute atomic E-state index is 11.8. The number of nitrogens with one attached hydrogen (secondary N) is 2. The molecule has 2 N–H and O–H groups in total. The van der Waals surface area contributed by atoms with Gasteiger partial charge in [0.25, 0.3) is 0 Å². The van der Waals surface area contributed by atoms with Crippen LogP contribution in [0, 0.1) is 6.92 Å². The summed E-state index contributed by atoms with van der Waals surface area (Å²) in [6.45, 7) is 8.29. The standard InChI is InChI=1S/C19H23BrN2O2/c1-13-10-14(8-9-17(13)20)12-21-15-6-5-7-16(11-15)22-18(23)24-19(2,3)4/h5-11,21H,12H2,1-4H3,(H,22,23). The van der Waals surface area contributed by atoms with Crippen molar-refractivity contribution in [3.63, 3.8) is 0 Å². The molecule has 128 valence electrons. The Morgan fingerprint density at radius 2 is 1.83 bits per heavy atom. The molecule has 0 bridgehead atoms. The van der Waals surface area contributed by atoms with E-state index in [1.807, 2.05) is 51.1 Å². The van der Waals surface area contributed by atoms with Crippen LogP contribution in [0.5, 0.6) is 0 Å². The van der Waals surface area contributed by atoms with E-state index in [9.17, 15) is 4.79 Å². The Labute approximate surface area is 151 Å². The van der Waals surface area contributed by atoms with E-state index in [0.717, 1.165) is 10.2 Å². The molecule has 0 atom stereocenters. The molecule has 2 aromatic rings. The fraction of sp³-hybridized carbons (Fsp3) is 0.316. The predicted molar refractivity (Wildman–Crippen MR) is 103 cm³/mol. The zero-order valence-corrected chi connectivity index (χ0v) is 16.0. The van der Waals surface area contributed by atoms with Crippen LogP contribution in [0.25, 0.3) is 0 Å². The Hall–Kier alpha value is -2.01. The smallest absolute Gasteiger partial charge is 0.412 e. The van der Waals surface area contributed by atoms with Gasteiger partial charge in [-0.3, -0.25) is 5.32 Å². The Balaban J connectivity index is 1.97. The molecule has 0 aliphatic carbocycles. The van der Waals surface area contributed by atoms with Gasteiger partial charge in [-0.1, -0.05) is 34.1 Å². The average Bonchev–Trinajstić information content (AvgIpc) is 2.47. The van der Waals surface area contributed by atoms with Gasteiger partial charge in [-0.25, -0.2) is 4.79 Å². The Morgan fingerprint density at radius 1 is 1.12 bits per heavy atom. The predicted octanol–water partition coefficient (Wildman–Crippen LogP) is 5.72. The first-order chi connectivity index (χ1) is 11.2. The molecule has 5 heteroatoms. The molecule has 0 unspecified atom stereocenters. The summed E-state index contributed by atoms with van der Waals surface area (Å²) in [5, 5.41) is 6.11. The summed E-state index contributed by atoms with van der Waals surface area (Å²) >= 11 is 3.51. The van der Waals surface area contributed by atoms with E-state index >= 15 is 0 Å². The van der Waals surface area contributed by atoms with Crippen molar-refractivity contribution in [2.75, 3.05) is 10.6 Å². The average molecular weight is 391 g/mol. The van der Waals surface area contributed by atoms with Crippen molar-refractivity contribution in [3.05, 3.63) is 58.1 Å². The molecule has 0 aliphatic heterocycles. The third-order valence-electron chi connectivity index (χ3n) is 3.23. The second-order valence-electron chi connectivity index (χ2n) is 6.64. The van der Waals surface area contributed by atoms with Crippen LogP contribution >= 0.6 is 15.9 Å². The molecule has 1 amide bonds. The van der Waals surface area contributed by atoms with Gasteiger partial charge in [-0.15, -0.1) is 0 Å². The summed E-state index contributed by atoms with van der Waals surface area (Å²) in [6, 6.07) is 13.8. The van der Waals surface area contributed by atoms with Crippen molar-refractivity contribution >= 4 is 33.4 Å². The number of aryl methyl sites for hydroxylation is 1. The van der Waals surface area contributed by atoms with Gasteiger partial charge >= 0.3 is 6.09 Å². The number of hydrogen-bond acceptors (Lipinski definition) is 3. The topological polar surface area (TPSA) is 50.4 Å². The largest absolute Gasteiger partial charge is 0.444 e. The van der Waals surface area contributed by atoms with Crippen molar-refractivity contribution < 1.29 is 9.53 Å². The molecule has 0 aromatic heterocycles. The fourth-order valence-corrected chi connectivity index (χ4v) is 2.40. The van der Waals surface area contributed by atoms with Crippen LogP contribution in [0.15, 0.2) is 46.9 Å². The molecule has 0 heterocycles. The highest BCUT2D eigenvalue weighted by Gasteiger charge is 2.16. The third kappa shape index (κ3) is 5.89. The van der Waals surface area contributed by atoms with Gasteiger partial charge in [0.05, 0.1) is 0 Å². The van der Waals surface area contributed by atoms with E-state index in [2.05, 4.69) is 45.6 Å². The lowest BCUT2D eigenvalue weighted by Gasteiger charge is -2.19. The number of anilines is 2.